The number of thiophene rings is 1. The maximum atomic E-state index is 13.5. The molecular formula is C22H27FN2O3S. The Balaban J connectivity index is 1.87. The Bertz CT molecular complexity index is 850. The number of hydrogen-bond donors (Lipinski definition) is 0. The van der Waals surface area contributed by atoms with Gasteiger partial charge >= 0.3 is 0 Å². The predicted octanol–water partition coefficient (Wildman–Crippen LogP) is 3.49. The topological polar surface area (TPSA) is 49.9 Å². The van der Waals surface area contributed by atoms with Crippen LogP contribution in [-0.4, -0.2) is 55.0 Å². The molecule has 5 nitrogen and oxygen atoms in total. The van der Waals surface area contributed by atoms with E-state index in [1.807, 2.05) is 30.2 Å². The second-order valence-corrected chi connectivity index (χ2v) is 8.50. The number of carbonyl (C=O) groups is 2. The van der Waals surface area contributed by atoms with Gasteiger partial charge in [-0.1, -0.05) is 26.0 Å². The summed E-state index contributed by atoms with van der Waals surface area (Å²) < 4.78 is 18.6. The van der Waals surface area contributed by atoms with Gasteiger partial charge in [0.15, 0.2) is 0 Å². The molecule has 0 fully saturated rings. The second-order valence-electron chi connectivity index (χ2n) is 7.50. The largest absolute Gasteiger partial charge is 0.383 e. The molecule has 0 bridgehead atoms. The van der Waals surface area contributed by atoms with Crippen LogP contribution in [0.1, 0.15) is 35.9 Å². The molecule has 0 N–H and O–H groups in total. The molecule has 1 aliphatic heterocycles. The molecule has 1 aromatic carbocycles. The second kappa shape index (κ2) is 9.50. The number of rotatable bonds is 7. The van der Waals surface area contributed by atoms with Crippen molar-refractivity contribution in [1.29, 1.82) is 0 Å². The van der Waals surface area contributed by atoms with Crippen molar-refractivity contribution in [2.24, 2.45) is 5.92 Å². The molecule has 1 aromatic heterocycles. The van der Waals surface area contributed by atoms with E-state index in [-0.39, 0.29) is 36.1 Å². The van der Waals surface area contributed by atoms with E-state index in [1.54, 1.807) is 35.5 Å². The van der Waals surface area contributed by atoms with Crippen LogP contribution in [0.5, 0.6) is 0 Å². The highest BCUT2D eigenvalue weighted by atomic mass is 32.1. The van der Waals surface area contributed by atoms with E-state index in [0.29, 0.717) is 19.7 Å². The molecule has 7 heteroatoms. The molecule has 2 aromatic rings. The van der Waals surface area contributed by atoms with Gasteiger partial charge in [0.25, 0.3) is 0 Å². The minimum atomic E-state index is -0.304. The minimum absolute atomic E-state index is 0.0114. The van der Waals surface area contributed by atoms with Gasteiger partial charge in [0.05, 0.1) is 19.2 Å². The summed E-state index contributed by atoms with van der Waals surface area (Å²) in [4.78, 5) is 30.5. The fourth-order valence-corrected chi connectivity index (χ4v) is 4.58. The number of ether oxygens (including phenoxy) is 1. The first-order valence-corrected chi connectivity index (χ1v) is 10.7. The molecule has 2 amide bonds. The van der Waals surface area contributed by atoms with Gasteiger partial charge in [-0.15, -0.1) is 11.3 Å². The Labute approximate surface area is 175 Å². The van der Waals surface area contributed by atoms with Crippen LogP contribution in [-0.2, 0) is 20.7 Å². The number of amides is 2. The highest BCUT2D eigenvalue weighted by molar-refractivity contribution is 7.10. The first-order valence-electron chi connectivity index (χ1n) is 9.81. The lowest BCUT2D eigenvalue weighted by Crippen LogP contribution is -2.48. The highest BCUT2D eigenvalue weighted by Gasteiger charge is 2.34. The van der Waals surface area contributed by atoms with Crippen molar-refractivity contribution in [2.75, 3.05) is 33.4 Å². The van der Waals surface area contributed by atoms with Crippen LogP contribution in [0.3, 0.4) is 0 Å². The van der Waals surface area contributed by atoms with Gasteiger partial charge in [-0.2, -0.15) is 0 Å². The lowest BCUT2D eigenvalue weighted by atomic mass is 9.93. The molecule has 1 unspecified atom stereocenters. The van der Waals surface area contributed by atoms with E-state index >= 15 is 0 Å². The van der Waals surface area contributed by atoms with Gasteiger partial charge in [-0.25, -0.2) is 4.39 Å². The standard InChI is InChI=1S/C22H27FN2O3S/c1-15(2)22(27)24(11-12-28-3)14-20(26)25-10-8-19-18(9-13-29-19)21(25)16-4-6-17(23)7-5-16/h4-7,9,13,15,21H,8,10-12,14H2,1-3H3. The van der Waals surface area contributed by atoms with Crippen molar-refractivity contribution in [3.05, 3.63) is 57.5 Å². The molecule has 0 saturated heterocycles. The molecule has 2 heterocycles. The number of halogens is 1. The Hall–Kier alpha value is -2.25. The van der Waals surface area contributed by atoms with E-state index in [1.165, 1.54) is 17.0 Å². The first kappa shape index (κ1) is 21.5. The zero-order valence-electron chi connectivity index (χ0n) is 17.1. The molecule has 0 saturated carbocycles. The fraction of sp³-hybridized carbons (Fsp3) is 0.455. The predicted molar refractivity (Wildman–Crippen MR) is 111 cm³/mol. The van der Waals surface area contributed by atoms with Crippen LogP contribution in [0.2, 0.25) is 0 Å². The van der Waals surface area contributed by atoms with E-state index in [4.69, 9.17) is 4.74 Å². The number of carbonyl (C=O) groups excluding carboxylic acids is 2. The maximum absolute atomic E-state index is 13.5. The summed E-state index contributed by atoms with van der Waals surface area (Å²) in [6, 6.07) is 8.08. The Morgan fingerprint density at radius 1 is 1.28 bits per heavy atom. The summed E-state index contributed by atoms with van der Waals surface area (Å²) in [6.45, 7) is 4.98. The van der Waals surface area contributed by atoms with Crippen LogP contribution >= 0.6 is 11.3 Å². The molecule has 1 atom stereocenters. The minimum Gasteiger partial charge on any atom is -0.383 e. The molecule has 3 rings (SSSR count). The average Bonchev–Trinajstić information content (AvgIpc) is 3.19. The summed E-state index contributed by atoms with van der Waals surface area (Å²) >= 11 is 1.68. The maximum Gasteiger partial charge on any atom is 0.242 e. The van der Waals surface area contributed by atoms with Crippen molar-refractivity contribution in [2.45, 2.75) is 26.3 Å². The summed E-state index contributed by atoms with van der Waals surface area (Å²) in [5, 5.41) is 2.03. The molecule has 1 aliphatic rings. The van der Waals surface area contributed by atoms with Crippen LogP contribution in [0.25, 0.3) is 0 Å². The Morgan fingerprint density at radius 3 is 2.66 bits per heavy atom. The Morgan fingerprint density at radius 2 is 2.00 bits per heavy atom. The van der Waals surface area contributed by atoms with Crippen LogP contribution in [0.4, 0.5) is 4.39 Å². The number of nitrogens with zero attached hydrogens (tertiary/aromatic N) is 2. The summed E-state index contributed by atoms with van der Waals surface area (Å²) in [5.41, 5.74) is 1.96. The van der Waals surface area contributed by atoms with E-state index in [2.05, 4.69) is 0 Å². The first-order chi connectivity index (χ1) is 13.9. The SMILES string of the molecule is COCCN(CC(=O)N1CCc2sccc2C1c1ccc(F)cc1)C(=O)C(C)C. The smallest absolute Gasteiger partial charge is 0.242 e. The fourth-order valence-electron chi connectivity index (χ4n) is 3.68. The van der Waals surface area contributed by atoms with Gasteiger partial charge < -0.3 is 14.5 Å². The van der Waals surface area contributed by atoms with Crippen molar-refractivity contribution in [3.8, 4) is 0 Å². The quantitative estimate of drug-likeness (QED) is 0.692. The van der Waals surface area contributed by atoms with Crippen LogP contribution in [0, 0.1) is 11.7 Å². The lowest BCUT2D eigenvalue weighted by Gasteiger charge is -2.37. The van der Waals surface area contributed by atoms with E-state index < -0.39 is 0 Å². The van der Waals surface area contributed by atoms with Gasteiger partial charge in [-0.3, -0.25) is 9.59 Å². The van der Waals surface area contributed by atoms with Crippen LogP contribution < -0.4 is 0 Å². The molecule has 29 heavy (non-hydrogen) atoms. The number of benzene rings is 1. The molecule has 0 radical (unpaired) electrons. The van der Waals surface area contributed by atoms with E-state index in [0.717, 1.165) is 17.5 Å². The molecule has 0 spiro atoms. The van der Waals surface area contributed by atoms with Crippen LogP contribution in [0.15, 0.2) is 35.7 Å². The third-order valence-corrected chi connectivity index (χ3v) is 6.17. The molecular weight excluding hydrogens is 391 g/mol. The van der Waals surface area contributed by atoms with Crippen molar-refractivity contribution in [1.82, 2.24) is 9.80 Å². The van der Waals surface area contributed by atoms with Gasteiger partial charge in [0, 0.05) is 31.0 Å². The Kier molecular flexibility index (Phi) is 7.03. The monoisotopic (exact) mass is 418 g/mol. The molecule has 0 aliphatic carbocycles. The third kappa shape index (κ3) is 4.85. The van der Waals surface area contributed by atoms with Gasteiger partial charge in [-0.05, 0) is 41.1 Å². The zero-order valence-corrected chi connectivity index (χ0v) is 17.9. The number of methoxy groups -OCH3 is 1. The normalized spacial score (nSPS) is 16.0. The summed E-state index contributed by atoms with van der Waals surface area (Å²) in [6.07, 6.45) is 0.784. The third-order valence-electron chi connectivity index (χ3n) is 5.17. The van der Waals surface area contributed by atoms with E-state index in [9.17, 15) is 14.0 Å². The average molecular weight is 419 g/mol. The van der Waals surface area contributed by atoms with Crippen molar-refractivity contribution >= 4 is 23.2 Å². The lowest BCUT2D eigenvalue weighted by molar-refractivity contribution is -0.143. The highest BCUT2D eigenvalue weighted by Crippen LogP contribution is 2.37. The number of fused-ring (bicyclic) bond motifs is 1. The van der Waals surface area contributed by atoms with Gasteiger partial charge in [0.1, 0.15) is 5.82 Å². The van der Waals surface area contributed by atoms with Gasteiger partial charge in [0.2, 0.25) is 11.8 Å². The van der Waals surface area contributed by atoms with Crippen molar-refractivity contribution < 1.29 is 18.7 Å². The number of hydrogen-bond acceptors (Lipinski definition) is 4. The zero-order chi connectivity index (χ0) is 21.0. The van der Waals surface area contributed by atoms with Crippen molar-refractivity contribution in [3.63, 3.8) is 0 Å². The summed E-state index contributed by atoms with van der Waals surface area (Å²) in [5.74, 6) is -0.679. The summed E-state index contributed by atoms with van der Waals surface area (Å²) in [7, 11) is 1.58. The molecule has 156 valence electrons.